The number of aryl methyl sites for hydroxylation is 1. The molecule has 3 aromatic rings. The molecule has 2 atom stereocenters. The molecular weight excluding hydrogens is 424 g/mol. The number of hydrogen-bond donors (Lipinski definition) is 0. The van der Waals surface area contributed by atoms with E-state index >= 15 is 0 Å². The van der Waals surface area contributed by atoms with E-state index in [0.717, 1.165) is 35.2 Å². The van der Waals surface area contributed by atoms with Crippen LogP contribution in [0.2, 0.25) is 5.02 Å². The molecule has 0 aliphatic carbocycles. The van der Waals surface area contributed by atoms with E-state index in [-0.39, 0.29) is 18.6 Å². The van der Waals surface area contributed by atoms with Gasteiger partial charge in [0.2, 0.25) is 6.10 Å². The first-order chi connectivity index (χ1) is 14.6. The zero-order valence-electron chi connectivity index (χ0n) is 16.5. The number of benzene rings is 2. The highest BCUT2D eigenvalue weighted by atomic mass is 35.5. The molecule has 1 amide bonds. The number of fused-ring (bicyclic) bond motifs is 2. The molecule has 0 N–H and O–H groups in total. The summed E-state index contributed by atoms with van der Waals surface area (Å²) in [4.78, 5) is 20.0. The van der Waals surface area contributed by atoms with E-state index in [2.05, 4.69) is 0 Å². The summed E-state index contributed by atoms with van der Waals surface area (Å²) in [5, 5.41) is 1.29. The molecule has 1 aromatic heterocycles. The molecule has 2 aliphatic rings. The van der Waals surface area contributed by atoms with Crippen LogP contribution in [0.5, 0.6) is 11.5 Å². The first-order valence-corrected chi connectivity index (χ1v) is 11.2. The van der Waals surface area contributed by atoms with Crippen molar-refractivity contribution in [2.24, 2.45) is 0 Å². The SMILES string of the molecule is Cc1c(Cl)ccc2sc(N(CC3CCCO3)C(=O)C3COc4ccccc4O3)nc12. The molecule has 2 aromatic carbocycles. The van der Waals surface area contributed by atoms with Gasteiger partial charge in [-0.25, -0.2) is 4.98 Å². The lowest BCUT2D eigenvalue weighted by atomic mass is 10.2. The van der Waals surface area contributed by atoms with Gasteiger partial charge in [-0.3, -0.25) is 9.69 Å². The molecule has 2 aliphatic heterocycles. The number of aromatic nitrogens is 1. The number of para-hydroxylation sites is 2. The first kappa shape index (κ1) is 19.6. The standard InChI is InChI=1S/C22H21ClN2O4S/c1-13-15(23)8-9-19-20(13)24-22(30-19)25(11-14-5-4-10-27-14)21(26)18-12-28-16-6-2-3-7-17(16)29-18/h2-3,6-9,14,18H,4-5,10-12H2,1H3. The van der Waals surface area contributed by atoms with E-state index in [1.807, 2.05) is 43.3 Å². The normalized spacial score (nSPS) is 20.5. The van der Waals surface area contributed by atoms with Crippen molar-refractivity contribution in [2.75, 3.05) is 24.7 Å². The van der Waals surface area contributed by atoms with E-state index in [4.69, 9.17) is 30.8 Å². The van der Waals surface area contributed by atoms with Crippen LogP contribution in [0.1, 0.15) is 18.4 Å². The maximum atomic E-state index is 13.5. The summed E-state index contributed by atoms with van der Waals surface area (Å²) in [6.45, 7) is 3.26. The number of anilines is 1. The van der Waals surface area contributed by atoms with E-state index < -0.39 is 6.10 Å². The topological polar surface area (TPSA) is 60.9 Å². The van der Waals surface area contributed by atoms with Crippen LogP contribution in [-0.4, -0.2) is 42.9 Å². The zero-order valence-corrected chi connectivity index (χ0v) is 18.0. The molecule has 30 heavy (non-hydrogen) atoms. The molecule has 1 fully saturated rings. The molecule has 1 saturated heterocycles. The van der Waals surface area contributed by atoms with Gasteiger partial charge in [-0.2, -0.15) is 0 Å². The van der Waals surface area contributed by atoms with Gasteiger partial charge < -0.3 is 14.2 Å². The van der Waals surface area contributed by atoms with Crippen LogP contribution in [0.3, 0.4) is 0 Å². The Kier molecular flexibility index (Phi) is 5.26. The van der Waals surface area contributed by atoms with Crippen molar-refractivity contribution in [2.45, 2.75) is 32.0 Å². The average molecular weight is 445 g/mol. The van der Waals surface area contributed by atoms with Crippen molar-refractivity contribution in [1.29, 1.82) is 0 Å². The summed E-state index contributed by atoms with van der Waals surface area (Å²) in [6, 6.07) is 11.2. The lowest BCUT2D eigenvalue weighted by Crippen LogP contribution is -2.48. The highest BCUT2D eigenvalue weighted by Crippen LogP contribution is 2.36. The third-order valence-corrected chi connectivity index (χ3v) is 6.88. The van der Waals surface area contributed by atoms with Crippen LogP contribution in [0, 0.1) is 6.92 Å². The summed E-state index contributed by atoms with van der Waals surface area (Å²) in [6.07, 6.45) is 1.17. The number of rotatable bonds is 4. The predicted octanol–water partition coefficient (Wildman–Crippen LogP) is 4.61. The van der Waals surface area contributed by atoms with E-state index in [0.29, 0.717) is 28.2 Å². The van der Waals surface area contributed by atoms with Crippen LogP contribution in [-0.2, 0) is 9.53 Å². The van der Waals surface area contributed by atoms with Gasteiger partial charge >= 0.3 is 0 Å². The summed E-state index contributed by atoms with van der Waals surface area (Å²) < 4.78 is 18.5. The van der Waals surface area contributed by atoms with E-state index in [9.17, 15) is 4.79 Å². The Morgan fingerprint density at radius 2 is 2.10 bits per heavy atom. The van der Waals surface area contributed by atoms with Crippen molar-refractivity contribution >= 4 is 44.2 Å². The van der Waals surface area contributed by atoms with Crippen LogP contribution in [0.4, 0.5) is 5.13 Å². The second-order valence-electron chi connectivity index (χ2n) is 7.46. The van der Waals surface area contributed by atoms with Crippen molar-refractivity contribution in [3.8, 4) is 11.5 Å². The maximum Gasteiger partial charge on any atom is 0.273 e. The highest BCUT2D eigenvalue weighted by molar-refractivity contribution is 7.22. The number of carbonyl (C=O) groups is 1. The number of carbonyl (C=O) groups excluding carboxylic acids is 1. The largest absolute Gasteiger partial charge is 0.485 e. The summed E-state index contributed by atoms with van der Waals surface area (Å²) >= 11 is 7.75. The van der Waals surface area contributed by atoms with Gasteiger partial charge in [-0.15, -0.1) is 0 Å². The lowest BCUT2D eigenvalue weighted by Gasteiger charge is -2.30. The zero-order chi connectivity index (χ0) is 20.7. The Balaban J connectivity index is 1.47. The number of halogens is 1. The van der Waals surface area contributed by atoms with E-state index in [1.54, 1.807) is 4.90 Å². The maximum absolute atomic E-state index is 13.5. The van der Waals surface area contributed by atoms with Gasteiger partial charge in [-0.05, 0) is 49.6 Å². The van der Waals surface area contributed by atoms with Gasteiger partial charge in [0, 0.05) is 11.6 Å². The minimum atomic E-state index is -0.738. The number of hydrogen-bond acceptors (Lipinski definition) is 6. The van der Waals surface area contributed by atoms with Crippen LogP contribution >= 0.6 is 22.9 Å². The molecule has 0 saturated carbocycles. The molecule has 0 spiro atoms. The molecular formula is C22H21ClN2O4S. The van der Waals surface area contributed by atoms with E-state index in [1.165, 1.54) is 11.3 Å². The van der Waals surface area contributed by atoms with Gasteiger partial charge in [0.25, 0.3) is 5.91 Å². The fraction of sp³-hybridized carbons (Fsp3) is 0.364. The van der Waals surface area contributed by atoms with Crippen LogP contribution in [0.25, 0.3) is 10.2 Å². The van der Waals surface area contributed by atoms with Gasteiger partial charge in [-0.1, -0.05) is 35.1 Å². The molecule has 0 radical (unpaired) electrons. The first-order valence-electron chi connectivity index (χ1n) is 9.97. The molecule has 2 unspecified atom stereocenters. The lowest BCUT2D eigenvalue weighted by molar-refractivity contribution is -0.128. The summed E-state index contributed by atoms with van der Waals surface area (Å²) in [7, 11) is 0. The Labute approximate surface area is 183 Å². The predicted molar refractivity (Wildman–Crippen MR) is 117 cm³/mol. The highest BCUT2D eigenvalue weighted by Gasteiger charge is 2.35. The van der Waals surface area contributed by atoms with Crippen molar-refractivity contribution in [1.82, 2.24) is 4.98 Å². The van der Waals surface area contributed by atoms with Gasteiger partial charge in [0.15, 0.2) is 16.6 Å². The monoisotopic (exact) mass is 444 g/mol. The second kappa shape index (κ2) is 8.06. The fourth-order valence-electron chi connectivity index (χ4n) is 3.77. The van der Waals surface area contributed by atoms with Crippen LogP contribution < -0.4 is 14.4 Å². The van der Waals surface area contributed by atoms with Crippen molar-refractivity contribution in [3.63, 3.8) is 0 Å². The van der Waals surface area contributed by atoms with Crippen molar-refractivity contribution in [3.05, 3.63) is 47.0 Å². The molecule has 6 nitrogen and oxygen atoms in total. The fourth-order valence-corrected chi connectivity index (χ4v) is 4.97. The van der Waals surface area contributed by atoms with Crippen LogP contribution in [0.15, 0.2) is 36.4 Å². The Morgan fingerprint density at radius 3 is 2.90 bits per heavy atom. The molecule has 3 heterocycles. The quantitative estimate of drug-likeness (QED) is 0.588. The number of ether oxygens (including phenoxy) is 3. The van der Waals surface area contributed by atoms with Gasteiger partial charge in [0.05, 0.1) is 22.9 Å². The van der Waals surface area contributed by atoms with Gasteiger partial charge in [0.1, 0.15) is 6.61 Å². The number of amides is 1. The Morgan fingerprint density at radius 1 is 1.27 bits per heavy atom. The molecule has 0 bridgehead atoms. The minimum absolute atomic E-state index is 0.0116. The molecule has 8 heteroatoms. The Hall–Kier alpha value is -2.35. The third kappa shape index (κ3) is 3.62. The second-order valence-corrected chi connectivity index (χ2v) is 8.88. The third-order valence-electron chi connectivity index (χ3n) is 5.43. The average Bonchev–Trinajstić information content (AvgIpc) is 3.44. The smallest absolute Gasteiger partial charge is 0.273 e. The molecule has 5 rings (SSSR count). The Bertz CT molecular complexity index is 1100. The summed E-state index contributed by atoms with van der Waals surface area (Å²) in [5.74, 6) is 1.05. The minimum Gasteiger partial charge on any atom is -0.485 e. The molecule has 156 valence electrons. The number of nitrogens with zero attached hydrogens (tertiary/aromatic N) is 2. The summed E-state index contributed by atoms with van der Waals surface area (Å²) in [5.41, 5.74) is 1.73. The van der Waals surface area contributed by atoms with Crippen molar-refractivity contribution < 1.29 is 19.0 Å². The number of thiazole rings is 1.